The first-order valence-electron chi connectivity index (χ1n) is 4.39. The molecule has 0 aliphatic rings. The molecule has 0 aliphatic heterocycles. The third-order valence-electron chi connectivity index (χ3n) is 1.92. The Morgan fingerprint density at radius 2 is 2.21 bits per heavy atom. The molecule has 0 heterocycles. The minimum Gasteiger partial charge on any atom is -0.388 e. The van der Waals surface area contributed by atoms with Crippen LogP contribution in [0.5, 0.6) is 0 Å². The van der Waals surface area contributed by atoms with Crippen molar-refractivity contribution < 1.29 is 5.11 Å². The van der Waals surface area contributed by atoms with Crippen LogP contribution in [-0.4, -0.2) is 11.1 Å². The van der Waals surface area contributed by atoms with Crippen molar-refractivity contribution in [3.05, 3.63) is 33.3 Å². The van der Waals surface area contributed by atoms with E-state index in [9.17, 15) is 5.11 Å². The predicted octanol–water partition coefficient (Wildman–Crippen LogP) is 2.87. The molecule has 2 nitrogen and oxygen atoms in total. The molecule has 0 radical (unpaired) electrons. The van der Waals surface area contributed by atoms with Crippen LogP contribution >= 0.6 is 27.5 Å². The lowest BCUT2D eigenvalue weighted by Gasteiger charge is -2.14. The SMILES string of the molecule is CC(N)CC(O)c1ccc(Br)cc1Cl. The molecule has 14 heavy (non-hydrogen) atoms. The first-order valence-corrected chi connectivity index (χ1v) is 5.56. The maximum Gasteiger partial charge on any atom is 0.0819 e. The van der Waals surface area contributed by atoms with E-state index in [1.54, 1.807) is 12.1 Å². The van der Waals surface area contributed by atoms with Gasteiger partial charge >= 0.3 is 0 Å². The minimum atomic E-state index is -0.587. The van der Waals surface area contributed by atoms with Gasteiger partial charge in [-0.05, 0) is 31.0 Å². The molecule has 78 valence electrons. The Hall–Kier alpha value is -0.0900. The summed E-state index contributed by atoms with van der Waals surface area (Å²) in [6.07, 6.45) is -0.0722. The number of hydrogen-bond donors (Lipinski definition) is 2. The van der Waals surface area contributed by atoms with Gasteiger partial charge in [0.05, 0.1) is 6.10 Å². The van der Waals surface area contributed by atoms with Gasteiger partial charge in [0.15, 0.2) is 0 Å². The van der Waals surface area contributed by atoms with Crippen molar-refractivity contribution in [3.63, 3.8) is 0 Å². The van der Waals surface area contributed by atoms with Crippen LogP contribution in [-0.2, 0) is 0 Å². The molecule has 0 saturated carbocycles. The third-order valence-corrected chi connectivity index (χ3v) is 2.74. The van der Waals surface area contributed by atoms with Crippen LogP contribution in [0.25, 0.3) is 0 Å². The number of halogens is 2. The Morgan fingerprint density at radius 1 is 1.57 bits per heavy atom. The van der Waals surface area contributed by atoms with E-state index in [2.05, 4.69) is 15.9 Å². The van der Waals surface area contributed by atoms with Crippen LogP contribution < -0.4 is 5.73 Å². The molecule has 2 unspecified atom stereocenters. The maximum absolute atomic E-state index is 9.78. The van der Waals surface area contributed by atoms with Gasteiger partial charge in [-0.1, -0.05) is 33.6 Å². The summed E-state index contributed by atoms with van der Waals surface area (Å²) in [5.41, 5.74) is 6.33. The van der Waals surface area contributed by atoms with Gasteiger partial charge in [-0.15, -0.1) is 0 Å². The van der Waals surface area contributed by atoms with Crippen LogP contribution in [0.3, 0.4) is 0 Å². The molecular weight excluding hydrogens is 265 g/mol. The van der Waals surface area contributed by atoms with Gasteiger partial charge in [0.25, 0.3) is 0 Å². The highest BCUT2D eigenvalue weighted by atomic mass is 79.9. The topological polar surface area (TPSA) is 46.2 Å². The van der Waals surface area contributed by atoms with Gasteiger partial charge in [-0.25, -0.2) is 0 Å². The highest BCUT2D eigenvalue weighted by molar-refractivity contribution is 9.10. The van der Waals surface area contributed by atoms with E-state index >= 15 is 0 Å². The molecule has 3 N–H and O–H groups in total. The number of rotatable bonds is 3. The fraction of sp³-hybridized carbons (Fsp3) is 0.400. The summed E-state index contributed by atoms with van der Waals surface area (Å²) in [7, 11) is 0. The molecule has 2 atom stereocenters. The first kappa shape index (κ1) is 12.0. The molecule has 0 aromatic heterocycles. The zero-order valence-electron chi connectivity index (χ0n) is 7.87. The number of aliphatic hydroxyl groups is 1. The molecule has 0 aliphatic carbocycles. The minimum absolute atomic E-state index is 0.0373. The number of benzene rings is 1. The van der Waals surface area contributed by atoms with Gasteiger partial charge in [-0.2, -0.15) is 0 Å². The molecule has 0 fully saturated rings. The van der Waals surface area contributed by atoms with Gasteiger partial charge in [0, 0.05) is 15.5 Å². The van der Waals surface area contributed by atoms with Crippen LogP contribution in [0.15, 0.2) is 22.7 Å². The van der Waals surface area contributed by atoms with E-state index in [4.69, 9.17) is 17.3 Å². The van der Waals surface area contributed by atoms with Gasteiger partial charge in [0.1, 0.15) is 0 Å². The Morgan fingerprint density at radius 3 is 2.71 bits per heavy atom. The van der Waals surface area contributed by atoms with Gasteiger partial charge in [0.2, 0.25) is 0 Å². The molecule has 1 rings (SSSR count). The van der Waals surface area contributed by atoms with Crippen LogP contribution in [0.1, 0.15) is 25.0 Å². The second-order valence-electron chi connectivity index (χ2n) is 3.39. The van der Waals surface area contributed by atoms with Crippen molar-refractivity contribution in [1.82, 2.24) is 0 Å². The predicted molar refractivity (Wildman–Crippen MR) is 62.4 cm³/mol. The molecule has 0 saturated heterocycles. The van der Waals surface area contributed by atoms with Crippen molar-refractivity contribution in [2.75, 3.05) is 0 Å². The Balaban J connectivity index is 2.84. The van der Waals surface area contributed by atoms with E-state index < -0.39 is 6.10 Å². The number of nitrogens with two attached hydrogens (primary N) is 1. The summed E-state index contributed by atoms with van der Waals surface area (Å²) >= 11 is 9.28. The normalized spacial score (nSPS) is 15.2. The van der Waals surface area contributed by atoms with Crippen LogP contribution in [0.4, 0.5) is 0 Å². The lowest BCUT2D eigenvalue weighted by molar-refractivity contribution is 0.160. The van der Waals surface area contributed by atoms with E-state index in [1.807, 2.05) is 13.0 Å². The second kappa shape index (κ2) is 5.12. The zero-order valence-corrected chi connectivity index (χ0v) is 10.2. The third kappa shape index (κ3) is 3.24. The summed E-state index contributed by atoms with van der Waals surface area (Å²) < 4.78 is 0.902. The fourth-order valence-electron chi connectivity index (χ4n) is 1.25. The van der Waals surface area contributed by atoms with E-state index in [0.29, 0.717) is 11.4 Å². The van der Waals surface area contributed by atoms with Crippen molar-refractivity contribution >= 4 is 27.5 Å². The highest BCUT2D eigenvalue weighted by Crippen LogP contribution is 2.28. The van der Waals surface area contributed by atoms with Crippen LogP contribution in [0, 0.1) is 0 Å². The van der Waals surface area contributed by atoms with Crippen molar-refractivity contribution in [1.29, 1.82) is 0 Å². The quantitative estimate of drug-likeness (QED) is 0.893. The largest absolute Gasteiger partial charge is 0.388 e. The standard InChI is InChI=1S/C10H13BrClNO/c1-6(13)4-10(14)8-3-2-7(11)5-9(8)12/h2-3,5-6,10,14H,4,13H2,1H3. The molecule has 4 heteroatoms. The van der Waals surface area contributed by atoms with E-state index in [0.717, 1.165) is 10.0 Å². The van der Waals surface area contributed by atoms with Crippen molar-refractivity contribution in [2.24, 2.45) is 5.73 Å². The van der Waals surface area contributed by atoms with Crippen LogP contribution in [0.2, 0.25) is 5.02 Å². The molecular formula is C10H13BrClNO. The second-order valence-corrected chi connectivity index (χ2v) is 4.72. The molecule has 1 aromatic rings. The number of aliphatic hydroxyl groups excluding tert-OH is 1. The summed E-state index contributed by atoms with van der Waals surface area (Å²) in [5.74, 6) is 0. The molecule has 1 aromatic carbocycles. The molecule has 0 bridgehead atoms. The average molecular weight is 279 g/mol. The smallest absolute Gasteiger partial charge is 0.0819 e. The van der Waals surface area contributed by atoms with Gasteiger partial charge < -0.3 is 10.8 Å². The first-order chi connectivity index (χ1) is 6.50. The zero-order chi connectivity index (χ0) is 10.7. The summed E-state index contributed by atoms with van der Waals surface area (Å²) in [4.78, 5) is 0. The van der Waals surface area contributed by atoms with E-state index in [1.165, 1.54) is 0 Å². The summed E-state index contributed by atoms with van der Waals surface area (Å²) in [6.45, 7) is 1.86. The lowest BCUT2D eigenvalue weighted by atomic mass is 10.0. The average Bonchev–Trinajstić information content (AvgIpc) is 2.01. The Bertz CT molecular complexity index is 317. The lowest BCUT2D eigenvalue weighted by Crippen LogP contribution is -2.18. The Labute approximate surface area is 97.2 Å². The summed E-state index contributed by atoms with van der Waals surface area (Å²) in [6, 6.07) is 5.39. The molecule has 0 amide bonds. The monoisotopic (exact) mass is 277 g/mol. The van der Waals surface area contributed by atoms with E-state index in [-0.39, 0.29) is 6.04 Å². The van der Waals surface area contributed by atoms with Gasteiger partial charge in [-0.3, -0.25) is 0 Å². The Kier molecular flexibility index (Phi) is 4.38. The summed E-state index contributed by atoms with van der Waals surface area (Å²) in [5, 5.41) is 10.3. The molecule has 0 spiro atoms. The maximum atomic E-state index is 9.78. The fourth-order valence-corrected chi connectivity index (χ4v) is 2.05. The highest BCUT2D eigenvalue weighted by Gasteiger charge is 2.13. The van der Waals surface area contributed by atoms with Crippen molar-refractivity contribution in [2.45, 2.75) is 25.5 Å². The van der Waals surface area contributed by atoms with Crippen molar-refractivity contribution in [3.8, 4) is 0 Å². The number of hydrogen-bond acceptors (Lipinski definition) is 2.